The molecule has 0 aliphatic rings. The van der Waals surface area contributed by atoms with Gasteiger partial charge in [-0.2, -0.15) is 0 Å². The Morgan fingerprint density at radius 1 is 0.640 bits per heavy atom. The molecular weight excluding hydrogens is 655 g/mol. The van der Waals surface area contributed by atoms with E-state index < -0.39 is 45.8 Å². The van der Waals surface area contributed by atoms with Crippen LogP contribution in [0.25, 0.3) is 0 Å². The van der Waals surface area contributed by atoms with E-state index in [-0.39, 0.29) is 13.0 Å². The van der Waals surface area contributed by atoms with Gasteiger partial charge in [-0.1, -0.05) is 125 Å². The van der Waals surface area contributed by atoms with Crippen LogP contribution in [0.1, 0.15) is 129 Å². The largest absolute Gasteiger partial charge is 0.472 e. The molecule has 0 aromatic heterocycles. The molecule has 0 aromatic rings. The Balaban J connectivity index is 4.40. The van der Waals surface area contributed by atoms with Crippen molar-refractivity contribution in [3.05, 3.63) is 72.9 Å². The van der Waals surface area contributed by atoms with Crippen molar-refractivity contribution in [2.45, 2.75) is 142 Å². The van der Waals surface area contributed by atoms with Crippen LogP contribution in [0.4, 0.5) is 0 Å². The van der Waals surface area contributed by atoms with Crippen molar-refractivity contribution < 1.29 is 43.0 Å². The number of phosphoric ester groups is 1. The first-order valence-corrected chi connectivity index (χ1v) is 20.4. The number of carbonyl (C=O) groups is 1. The first-order chi connectivity index (χ1) is 24.3. The van der Waals surface area contributed by atoms with Gasteiger partial charge in [0.05, 0.1) is 33.0 Å². The molecule has 0 radical (unpaired) electrons. The minimum absolute atomic E-state index is 0.0121. The van der Waals surface area contributed by atoms with Crippen LogP contribution in [0, 0.1) is 0 Å². The Hall–Kier alpha value is -2.10. The molecule has 0 saturated carbocycles. The molecule has 50 heavy (non-hydrogen) atoms. The highest BCUT2D eigenvalue weighted by Crippen LogP contribution is 2.43. The van der Waals surface area contributed by atoms with Gasteiger partial charge in [-0.25, -0.2) is 4.57 Å². The number of unbranched alkanes of at least 4 members (excludes halogenated alkanes) is 9. The molecule has 10 heteroatoms. The first kappa shape index (κ1) is 47.9. The van der Waals surface area contributed by atoms with Crippen molar-refractivity contribution in [1.82, 2.24) is 0 Å². The molecule has 3 atom stereocenters. The van der Waals surface area contributed by atoms with Gasteiger partial charge in [-0.15, -0.1) is 0 Å². The molecule has 0 aliphatic carbocycles. The zero-order valence-corrected chi connectivity index (χ0v) is 32.0. The molecule has 0 rings (SSSR count). The number of aliphatic hydroxyl groups is 2. The summed E-state index contributed by atoms with van der Waals surface area (Å²) >= 11 is 0. The summed E-state index contributed by atoms with van der Waals surface area (Å²) in [7, 11) is -4.54. The van der Waals surface area contributed by atoms with Gasteiger partial charge >= 0.3 is 13.8 Å². The van der Waals surface area contributed by atoms with Gasteiger partial charge < -0.3 is 24.6 Å². The molecule has 0 fully saturated rings. The third-order valence-electron chi connectivity index (χ3n) is 7.40. The lowest BCUT2D eigenvalue weighted by atomic mass is 10.1. The number of hydrogen-bond acceptors (Lipinski definition) is 8. The van der Waals surface area contributed by atoms with Gasteiger partial charge in [0.15, 0.2) is 0 Å². The highest BCUT2D eigenvalue weighted by Gasteiger charge is 2.26. The molecule has 288 valence electrons. The third-order valence-corrected chi connectivity index (χ3v) is 8.35. The molecule has 3 unspecified atom stereocenters. The maximum Gasteiger partial charge on any atom is 0.472 e. The highest BCUT2D eigenvalue weighted by molar-refractivity contribution is 7.47. The first-order valence-electron chi connectivity index (χ1n) is 18.9. The van der Waals surface area contributed by atoms with Crippen molar-refractivity contribution >= 4 is 13.8 Å². The molecule has 3 N–H and O–H groups in total. The van der Waals surface area contributed by atoms with Gasteiger partial charge in [0.2, 0.25) is 0 Å². The number of phosphoric acid groups is 1. The number of rotatable bonds is 35. The molecule has 0 spiro atoms. The lowest BCUT2D eigenvalue weighted by Crippen LogP contribution is -2.29. The summed E-state index contributed by atoms with van der Waals surface area (Å²) in [6.45, 7) is 3.11. The van der Waals surface area contributed by atoms with Crippen LogP contribution in [-0.2, 0) is 27.9 Å². The molecule has 0 aliphatic heterocycles. The maximum atomic E-state index is 12.5. The summed E-state index contributed by atoms with van der Waals surface area (Å²) in [5.74, 6) is -0.421. The molecule has 0 amide bonds. The van der Waals surface area contributed by atoms with E-state index in [1.54, 1.807) is 0 Å². The van der Waals surface area contributed by atoms with Crippen LogP contribution in [-0.4, -0.2) is 66.3 Å². The monoisotopic (exact) mass is 724 g/mol. The summed E-state index contributed by atoms with van der Waals surface area (Å²) in [5.41, 5.74) is 0. The smallest absolute Gasteiger partial charge is 0.457 e. The number of carbonyl (C=O) groups excluding carboxylic acids is 1. The normalized spacial score (nSPS) is 15.1. The van der Waals surface area contributed by atoms with E-state index in [0.29, 0.717) is 19.4 Å². The second-order valence-electron chi connectivity index (χ2n) is 12.2. The van der Waals surface area contributed by atoms with Gasteiger partial charge in [0.25, 0.3) is 0 Å². The van der Waals surface area contributed by atoms with Crippen LogP contribution in [0.2, 0.25) is 0 Å². The van der Waals surface area contributed by atoms with Crippen LogP contribution < -0.4 is 0 Å². The van der Waals surface area contributed by atoms with Crippen LogP contribution in [0.15, 0.2) is 72.9 Å². The Morgan fingerprint density at radius 3 is 1.72 bits per heavy atom. The van der Waals surface area contributed by atoms with E-state index in [1.807, 2.05) is 6.08 Å². The quantitative estimate of drug-likeness (QED) is 0.0253. The summed E-state index contributed by atoms with van der Waals surface area (Å²) in [4.78, 5) is 22.4. The van der Waals surface area contributed by atoms with Crippen LogP contribution in [0.3, 0.4) is 0 Å². The van der Waals surface area contributed by atoms with E-state index in [2.05, 4.69) is 80.7 Å². The second kappa shape index (κ2) is 36.7. The lowest BCUT2D eigenvalue weighted by Gasteiger charge is -2.20. The van der Waals surface area contributed by atoms with Gasteiger partial charge in [0.1, 0.15) is 12.2 Å². The van der Waals surface area contributed by atoms with Crippen molar-refractivity contribution in [3.8, 4) is 0 Å². The van der Waals surface area contributed by atoms with E-state index in [0.717, 1.165) is 64.2 Å². The zero-order valence-electron chi connectivity index (χ0n) is 31.1. The minimum Gasteiger partial charge on any atom is -0.457 e. The average Bonchev–Trinajstić information content (AvgIpc) is 3.10. The number of aliphatic hydroxyl groups excluding tert-OH is 2. The molecule has 0 aromatic carbocycles. The number of ether oxygens (including phenoxy) is 2. The molecule has 9 nitrogen and oxygen atoms in total. The Kier molecular flexibility index (Phi) is 35.1. The van der Waals surface area contributed by atoms with E-state index in [9.17, 15) is 19.4 Å². The Bertz CT molecular complexity index is 1000. The lowest BCUT2D eigenvalue weighted by molar-refractivity contribution is -0.154. The molecule has 0 bridgehead atoms. The van der Waals surface area contributed by atoms with E-state index >= 15 is 0 Å². The van der Waals surface area contributed by atoms with E-state index in [1.165, 1.54) is 32.1 Å². The fourth-order valence-corrected chi connectivity index (χ4v) is 5.32. The van der Waals surface area contributed by atoms with E-state index in [4.69, 9.17) is 23.6 Å². The highest BCUT2D eigenvalue weighted by atomic mass is 31.2. The fourth-order valence-electron chi connectivity index (χ4n) is 4.53. The Labute approximate surface area is 303 Å². The Morgan fingerprint density at radius 2 is 1.14 bits per heavy atom. The predicted molar refractivity (Wildman–Crippen MR) is 205 cm³/mol. The minimum atomic E-state index is -4.54. The number of hydrogen-bond donors (Lipinski definition) is 3. The van der Waals surface area contributed by atoms with Gasteiger partial charge in [-0.05, 0) is 70.6 Å². The van der Waals surface area contributed by atoms with Crippen molar-refractivity contribution in [2.24, 2.45) is 0 Å². The zero-order chi connectivity index (χ0) is 36.8. The summed E-state index contributed by atoms with van der Waals surface area (Å²) < 4.78 is 33.1. The van der Waals surface area contributed by atoms with Crippen molar-refractivity contribution in [3.63, 3.8) is 0 Å². The van der Waals surface area contributed by atoms with Crippen LogP contribution >= 0.6 is 7.82 Å². The van der Waals surface area contributed by atoms with Gasteiger partial charge in [0, 0.05) is 6.42 Å². The van der Waals surface area contributed by atoms with Gasteiger partial charge in [-0.3, -0.25) is 13.8 Å². The van der Waals surface area contributed by atoms with Crippen LogP contribution in [0.5, 0.6) is 0 Å². The average molecular weight is 725 g/mol. The summed E-state index contributed by atoms with van der Waals surface area (Å²) in [6.07, 6.45) is 41.7. The molecular formula is C40H69O9P. The SMILES string of the molecule is CC/C=C\C/C=C\C/C=C\C/C=C\C/C=C\CCOCC(COP(=O)(O)OCC(O)CO)OC(=O)CCCCCCC/C=C\CCCCCC. The van der Waals surface area contributed by atoms with Crippen molar-refractivity contribution in [1.29, 1.82) is 0 Å². The second-order valence-corrected chi connectivity index (χ2v) is 13.7. The summed E-state index contributed by atoms with van der Waals surface area (Å²) in [6, 6.07) is 0. The molecule has 0 saturated heterocycles. The summed E-state index contributed by atoms with van der Waals surface area (Å²) in [5, 5.41) is 18.3. The number of esters is 1. The standard InChI is InChI=1S/C40H69O9P/c1-3-5-7-9-11-13-15-17-18-19-21-23-25-27-29-31-33-46-36-39(37-48-50(44,45)47-35-38(42)34-41)49-40(43)32-30-28-26-24-22-20-16-14-12-10-8-6-4-2/h5,7,11,13-14,16-18,21,23,27,29,38-39,41-42H,3-4,6,8-10,12,15,19-20,22,24-26,28,30-37H2,1-2H3,(H,44,45)/b7-5-,13-11-,16-14-,18-17-,23-21-,29-27-. The molecule has 0 heterocycles. The van der Waals surface area contributed by atoms with Crippen molar-refractivity contribution in [2.75, 3.05) is 33.0 Å². The predicted octanol–water partition coefficient (Wildman–Crippen LogP) is 9.80. The topological polar surface area (TPSA) is 132 Å². The maximum absolute atomic E-state index is 12.5. The third kappa shape index (κ3) is 35.7. The number of allylic oxidation sites excluding steroid dienone is 11. The fraction of sp³-hybridized carbons (Fsp3) is 0.675.